The number of fused-ring (bicyclic) bond motifs is 2. The van der Waals surface area contributed by atoms with Gasteiger partial charge in [-0.3, -0.25) is 0 Å². The van der Waals surface area contributed by atoms with Crippen LogP contribution in [0.2, 0.25) is 0 Å². The molecule has 0 aromatic rings. The summed E-state index contributed by atoms with van der Waals surface area (Å²) in [4.78, 5) is 0. The van der Waals surface area contributed by atoms with E-state index in [0.717, 1.165) is 0 Å². The summed E-state index contributed by atoms with van der Waals surface area (Å²) in [7, 11) is 0. The Morgan fingerprint density at radius 3 is 1.38 bits per heavy atom. The van der Waals surface area contributed by atoms with E-state index in [1.54, 1.807) is 0 Å². The van der Waals surface area contributed by atoms with Crippen LogP contribution in [0.4, 0.5) is 70.2 Å². The average molecular weight is 512 g/mol. The molecule has 0 heterocycles. The minimum atomic E-state index is -8.33. The van der Waals surface area contributed by atoms with Crippen molar-refractivity contribution < 1.29 is 75.0 Å². The molecule has 0 amide bonds. The Bertz CT molecular complexity index is 696. The third kappa shape index (κ3) is 3.51. The molecule has 0 spiro atoms. The van der Waals surface area contributed by atoms with Gasteiger partial charge in [-0.05, 0) is 31.1 Å². The highest BCUT2D eigenvalue weighted by atomic mass is 19.4. The van der Waals surface area contributed by atoms with Crippen molar-refractivity contribution in [3.05, 3.63) is 0 Å². The number of halogens is 16. The van der Waals surface area contributed by atoms with Gasteiger partial charge in [-0.2, -0.15) is 65.9 Å². The molecule has 1 nitrogen and oxygen atoms in total. The van der Waals surface area contributed by atoms with Gasteiger partial charge in [0.05, 0.1) is 6.10 Å². The highest BCUT2D eigenvalue weighted by molar-refractivity contribution is 5.13. The minimum absolute atomic E-state index is 0.0424. The Morgan fingerprint density at radius 2 is 0.969 bits per heavy atom. The Kier molecular flexibility index (Phi) is 6.28. The number of hydrogen-bond donors (Lipinski definition) is 0. The Morgan fingerprint density at radius 1 is 0.562 bits per heavy atom. The molecule has 2 rings (SSSR count). The number of ether oxygens (including phenoxy) is 1. The molecule has 2 aliphatic rings. The summed E-state index contributed by atoms with van der Waals surface area (Å²) >= 11 is 0. The minimum Gasteiger partial charge on any atom is -0.368 e. The normalized spacial score (nSPS) is 28.5. The van der Waals surface area contributed by atoms with E-state index in [0.29, 0.717) is 0 Å². The average Bonchev–Trinajstić information content (AvgIpc) is 3.19. The Labute approximate surface area is 168 Å². The SMILES string of the molecule is F[C@@H]1[C@@H]2CC[C@@H](C2)[C@H]1OCC(F)(F)C(F)(F)C(F)(F)C(F)(F)C(F)(F)C(F)(F)C(F)(F)F. The molecule has 2 bridgehead atoms. The van der Waals surface area contributed by atoms with Gasteiger partial charge in [-0.1, -0.05) is 0 Å². The lowest BCUT2D eigenvalue weighted by Crippen LogP contribution is -2.73. The van der Waals surface area contributed by atoms with Crippen molar-refractivity contribution in [1.29, 1.82) is 0 Å². The van der Waals surface area contributed by atoms with Crippen molar-refractivity contribution in [1.82, 2.24) is 0 Å². The highest BCUT2D eigenvalue weighted by Gasteiger charge is 2.93. The first-order valence-electron chi connectivity index (χ1n) is 8.56. The van der Waals surface area contributed by atoms with E-state index >= 15 is 0 Å². The van der Waals surface area contributed by atoms with E-state index in [1.165, 1.54) is 0 Å². The smallest absolute Gasteiger partial charge is 0.368 e. The van der Waals surface area contributed by atoms with Gasteiger partial charge in [-0.15, -0.1) is 0 Å². The first-order valence-corrected chi connectivity index (χ1v) is 8.56. The predicted octanol–water partition coefficient (Wildman–Crippen LogP) is 6.51. The van der Waals surface area contributed by atoms with Crippen LogP contribution in [0, 0.1) is 11.8 Å². The second-order valence-corrected chi connectivity index (χ2v) is 7.63. The molecule has 0 aliphatic heterocycles. The summed E-state index contributed by atoms with van der Waals surface area (Å²) in [5, 5.41) is 0. The van der Waals surface area contributed by atoms with Crippen LogP contribution in [0.15, 0.2) is 0 Å². The Balaban J connectivity index is 2.32. The molecule has 2 aliphatic carbocycles. The second kappa shape index (κ2) is 7.42. The van der Waals surface area contributed by atoms with Crippen LogP contribution < -0.4 is 0 Å². The first-order chi connectivity index (χ1) is 14.0. The third-order valence-electron chi connectivity index (χ3n) is 5.59. The molecule has 4 atom stereocenters. The highest BCUT2D eigenvalue weighted by Crippen LogP contribution is 2.62. The van der Waals surface area contributed by atoms with Crippen LogP contribution in [-0.4, -0.2) is 60.6 Å². The van der Waals surface area contributed by atoms with E-state index in [-0.39, 0.29) is 19.3 Å². The van der Waals surface area contributed by atoms with E-state index in [2.05, 4.69) is 4.74 Å². The van der Waals surface area contributed by atoms with Crippen molar-refractivity contribution >= 4 is 0 Å². The van der Waals surface area contributed by atoms with Crippen LogP contribution in [0.25, 0.3) is 0 Å². The van der Waals surface area contributed by atoms with Crippen molar-refractivity contribution in [3.8, 4) is 0 Å². The van der Waals surface area contributed by atoms with Gasteiger partial charge in [0.2, 0.25) is 0 Å². The van der Waals surface area contributed by atoms with Gasteiger partial charge in [0.15, 0.2) is 0 Å². The molecule has 0 radical (unpaired) electrons. The predicted molar refractivity (Wildman–Crippen MR) is 71.2 cm³/mol. The lowest BCUT2D eigenvalue weighted by atomic mass is 9.91. The molecule has 17 heteroatoms. The second-order valence-electron chi connectivity index (χ2n) is 7.63. The van der Waals surface area contributed by atoms with Gasteiger partial charge in [-0.25, -0.2) is 4.39 Å². The largest absolute Gasteiger partial charge is 0.460 e. The summed E-state index contributed by atoms with van der Waals surface area (Å²) in [6.07, 6.45) is -11.1. The number of rotatable bonds is 8. The van der Waals surface area contributed by atoms with Crippen molar-refractivity contribution in [2.75, 3.05) is 6.61 Å². The maximum Gasteiger partial charge on any atom is 0.460 e. The number of hydrogen-bond acceptors (Lipinski definition) is 1. The van der Waals surface area contributed by atoms with Crippen molar-refractivity contribution in [3.63, 3.8) is 0 Å². The first kappa shape index (κ1) is 27.1. The van der Waals surface area contributed by atoms with Gasteiger partial charge in [0.1, 0.15) is 12.8 Å². The fourth-order valence-electron chi connectivity index (χ4n) is 3.69. The summed E-state index contributed by atoms with van der Waals surface area (Å²) in [5.74, 6) is -48.5. The zero-order chi connectivity index (χ0) is 25.3. The summed E-state index contributed by atoms with van der Waals surface area (Å²) in [6.45, 7) is -2.93. The topological polar surface area (TPSA) is 9.23 Å². The molecule has 2 saturated carbocycles. The molecule has 0 unspecified atom stereocenters. The quantitative estimate of drug-likeness (QED) is 0.337. The van der Waals surface area contributed by atoms with Crippen LogP contribution >= 0.6 is 0 Å². The number of alkyl halides is 16. The van der Waals surface area contributed by atoms with Crippen LogP contribution in [0.1, 0.15) is 19.3 Å². The summed E-state index contributed by atoms with van der Waals surface area (Å²) < 4.78 is 214. The van der Waals surface area contributed by atoms with E-state index in [4.69, 9.17) is 0 Å². The molecule has 32 heavy (non-hydrogen) atoms. The summed E-state index contributed by atoms with van der Waals surface area (Å²) in [5.41, 5.74) is 0. The fraction of sp³-hybridized carbons (Fsp3) is 1.00. The molecule has 190 valence electrons. The van der Waals surface area contributed by atoms with Crippen molar-refractivity contribution in [2.45, 2.75) is 73.2 Å². The molecule has 0 aromatic carbocycles. The third-order valence-corrected chi connectivity index (χ3v) is 5.59. The monoisotopic (exact) mass is 512 g/mol. The molecular weight excluding hydrogens is 500 g/mol. The molecule has 0 saturated heterocycles. The standard InChI is InChI=1S/C15H12F16O/c16-7-5-1-2-6(3-5)8(7)32-4-9(17,18)10(19,20)11(21,22)12(23,24)13(25,26)14(27,28)15(29,30)31/h5-8H,1-4H2/t5-,6+,7-,8-/m1/s1. The van der Waals surface area contributed by atoms with E-state index in [1.807, 2.05) is 0 Å². The van der Waals surface area contributed by atoms with E-state index < -0.39 is 72.4 Å². The molecule has 0 N–H and O–H groups in total. The Hall–Kier alpha value is -1.16. The zero-order valence-corrected chi connectivity index (χ0v) is 15.1. The van der Waals surface area contributed by atoms with Crippen LogP contribution in [0.5, 0.6) is 0 Å². The van der Waals surface area contributed by atoms with Crippen LogP contribution in [0.3, 0.4) is 0 Å². The van der Waals surface area contributed by atoms with Gasteiger partial charge >= 0.3 is 41.7 Å². The van der Waals surface area contributed by atoms with E-state index in [9.17, 15) is 70.2 Å². The molecular formula is C15H12F16O. The van der Waals surface area contributed by atoms with Gasteiger partial charge in [0, 0.05) is 0 Å². The maximum atomic E-state index is 13.9. The van der Waals surface area contributed by atoms with Gasteiger partial charge < -0.3 is 4.74 Å². The fourth-order valence-corrected chi connectivity index (χ4v) is 3.69. The van der Waals surface area contributed by atoms with Crippen molar-refractivity contribution in [2.24, 2.45) is 11.8 Å². The molecule has 0 aromatic heterocycles. The maximum absolute atomic E-state index is 13.9. The summed E-state index contributed by atoms with van der Waals surface area (Å²) in [6, 6.07) is 0. The van der Waals surface area contributed by atoms with Gasteiger partial charge in [0.25, 0.3) is 0 Å². The lowest BCUT2D eigenvalue weighted by molar-refractivity contribution is -0.453. The zero-order valence-electron chi connectivity index (χ0n) is 15.1. The lowest BCUT2D eigenvalue weighted by Gasteiger charge is -2.41. The van der Waals surface area contributed by atoms with Crippen LogP contribution in [-0.2, 0) is 4.74 Å². The molecule has 2 fully saturated rings.